The topological polar surface area (TPSA) is 197 Å². The number of morpholine rings is 1. The second kappa shape index (κ2) is 24.7. The van der Waals surface area contributed by atoms with Gasteiger partial charge in [0.15, 0.2) is 0 Å². The van der Waals surface area contributed by atoms with Crippen molar-refractivity contribution in [2.45, 2.75) is 135 Å². The average molecular weight is 1100 g/mol. The van der Waals surface area contributed by atoms with Crippen molar-refractivity contribution >= 4 is 46.8 Å². The van der Waals surface area contributed by atoms with Crippen molar-refractivity contribution < 1.29 is 37.9 Å². The Labute approximate surface area is 470 Å². The number of anilines is 2. The number of rotatable bonds is 16. The van der Waals surface area contributed by atoms with Gasteiger partial charge >= 0.3 is 0 Å². The lowest BCUT2D eigenvalue weighted by Gasteiger charge is -2.43. The summed E-state index contributed by atoms with van der Waals surface area (Å²) in [4.78, 5) is 94.1. The van der Waals surface area contributed by atoms with Gasteiger partial charge in [0.1, 0.15) is 17.9 Å². The quantitative estimate of drug-likeness (QED) is 0.0907. The second-order valence-corrected chi connectivity index (χ2v) is 24.1. The van der Waals surface area contributed by atoms with E-state index in [9.17, 15) is 33.2 Å². The second-order valence-electron chi connectivity index (χ2n) is 24.1. The highest BCUT2D eigenvalue weighted by Crippen LogP contribution is 2.42. The molecule has 0 spiro atoms. The number of carbonyl (C=O) groups is 6. The van der Waals surface area contributed by atoms with E-state index in [1.807, 2.05) is 63.2 Å². The number of nitrogens with one attached hydrogen (secondary N) is 6. The number of likely N-dealkylation sites (N-methyl/N-ethyl adjacent to an activating group) is 1. The molecule has 0 saturated carbocycles. The number of carbonyl (C=O) groups excluding carboxylic acids is 6. The average Bonchev–Trinajstić information content (AvgIpc) is 3.76. The predicted octanol–water partition coefficient (Wildman–Crippen LogP) is 4.74. The molecular formula is C62H81FN10O7. The molecular weight excluding hydrogens is 1020 g/mol. The number of benzene rings is 4. The Morgan fingerprint density at radius 2 is 1.68 bits per heavy atom. The number of ether oxygens (including phenoxy) is 1. The molecule has 4 heterocycles. The lowest BCUT2D eigenvalue weighted by Crippen LogP contribution is -2.62. The highest BCUT2D eigenvalue weighted by molar-refractivity contribution is 6.04. The van der Waals surface area contributed by atoms with E-state index in [4.69, 9.17) is 4.74 Å². The smallest absolute Gasteiger partial charge is 0.246 e. The van der Waals surface area contributed by atoms with E-state index in [0.717, 1.165) is 66.7 Å². The third kappa shape index (κ3) is 13.1. The fourth-order valence-corrected chi connectivity index (χ4v) is 12.2. The maximum Gasteiger partial charge on any atom is 0.246 e. The third-order valence-corrected chi connectivity index (χ3v) is 17.1. The Morgan fingerprint density at radius 1 is 0.912 bits per heavy atom. The fourth-order valence-electron chi connectivity index (χ4n) is 12.2. The molecule has 5 aliphatic rings. The molecule has 6 amide bonds. The van der Waals surface area contributed by atoms with Gasteiger partial charge in [0.25, 0.3) is 0 Å². The van der Waals surface area contributed by atoms with E-state index in [-0.39, 0.29) is 80.3 Å². The monoisotopic (exact) mass is 1100 g/mol. The molecule has 0 radical (unpaired) electrons. The number of hydrogen-bond donors (Lipinski definition) is 6. The summed E-state index contributed by atoms with van der Waals surface area (Å²) in [6, 6.07) is 23.5. The van der Waals surface area contributed by atoms with Gasteiger partial charge in [0, 0.05) is 75.2 Å². The fraction of sp³-hybridized carbons (Fsp3) is 0.516. The van der Waals surface area contributed by atoms with E-state index in [1.54, 1.807) is 55.0 Å². The first kappa shape index (κ1) is 58.1. The summed E-state index contributed by atoms with van der Waals surface area (Å²) in [5.74, 6) is -2.39. The van der Waals surface area contributed by atoms with E-state index in [0.29, 0.717) is 43.1 Å². The van der Waals surface area contributed by atoms with Gasteiger partial charge in [-0.1, -0.05) is 75.4 Å². The number of hydrogen-bond acceptors (Lipinski definition) is 11. The summed E-state index contributed by atoms with van der Waals surface area (Å²) in [5, 5.41) is 18.6. The predicted molar refractivity (Wildman–Crippen MR) is 306 cm³/mol. The number of aryl methyl sites for hydroxylation is 1. The minimum Gasteiger partial charge on any atom is -0.379 e. The maximum atomic E-state index is 14.9. The molecule has 6 N–H and O–H groups in total. The summed E-state index contributed by atoms with van der Waals surface area (Å²) >= 11 is 0. The Hall–Kier alpha value is -6.57. The van der Waals surface area contributed by atoms with Crippen molar-refractivity contribution in [2.24, 2.45) is 5.41 Å². The summed E-state index contributed by atoms with van der Waals surface area (Å²) in [6.07, 6.45) is 3.31. The van der Waals surface area contributed by atoms with Crippen LogP contribution in [0.2, 0.25) is 0 Å². The van der Waals surface area contributed by atoms with Crippen LogP contribution in [0.25, 0.3) is 0 Å². The standard InChI is InChI=1S/C62H81FN10O7/c1-38-32-71(48(30-65-38)34-70-24-25-80-36-39(70)2)35-55(75)73-37-62(7,50-23-18-42(27-52(50)73)26-41-16-20-46(63)21-17-41)60(79)66-31-54(74)67-47-22-19-44-29-53(58(77)68-51-15-11-13-43-12-9-10-14-49(43)51)72(33-45(44)28-47)59(78)56(61(4,5)6)69-57(76)40(3)64-8/h9-10,12,14,16-23,27-28,38-40,48,51,53,56,64-65H,11,13,15,24-26,29-37H2,1-8H3,(H,66,79)(H,67,74)(H,68,77)(H,69,76)/t38-,39-,40?,48-,51-,53+,56?,62-/m1/s1. The number of amides is 6. The molecule has 428 valence electrons. The van der Waals surface area contributed by atoms with E-state index >= 15 is 0 Å². The van der Waals surface area contributed by atoms with Crippen LogP contribution in [0.3, 0.4) is 0 Å². The van der Waals surface area contributed by atoms with Crippen LogP contribution < -0.4 is 36.8 Å². The number of fused-ring (bicyclic) bond motifs is 3. The van der Waals surface area contributed by atoms with Gasteiger partial charge in [0.2, 0.25) is 35.4 Å². The van der Waals surface area contributed by atoms with Crippen LogP contribution in [0.15, 0.2) is 84.9 Å². The van der Waals surface area contributed by atoms with Gasteiger partial charge in [-0.05, 0) is 135 Å². The zero-order chi connectivity index (χ0) is 57.0. The molecule has 17 nitrogen and oxygen atoms in total. The highest BCUT2D eigenvalue weighted by atomic mass is 19.1. The van der Waals surface area contributed by atoms with Gasteiger partial charge in [-0.2, -0.15) is 0 Å². The molecule has 0 aromatic heterocycles. The van der Waals surface area contributed by atoms with Crippen LogP contribution in [0, 0.1) is 11.2 Å². The first-order chi connectivity index (χ1) is 38.2. The molecule has 9 rings (SSSR count). The van der Waals surface area contributed by atoms with E-state index < -0.39 is 46.7 Å². The molecule has 2 saturated heterocycles. The van der Waals surface area contributed by atoms with Crippen LogP contribution in [-0.2, 0) is 64.7 Å². The molecule has 8 atom stereocenters. The highest BCUT2D eigenvalue weighted by Gasteiger charge is 2.48. The van der Waals surface area contributed by atoms with Crippen molar-refractivity contribution in [3.05, 3.63) is 130 Å². The Kier molecular flexibility index (Phi) is 17.9. The van der Waals surface area contributed by atoms with Gasteiger partial charge < -0.3 is 46.4 Å². The lowest BCUT2D eigenvalue weighted by atomic mass is 9.83. The van der Waals surface area contributed by atoms with Crippen LogP contribution in [0.5, 0.6) is 0 Å². The van der Waals surface area contributed by atoms with Crippen molar-refractivity contribution in [2.75, 3.05) is 76.3 Å². The number of nitrogens with zero attached hydrogens (tertiary/aromatic N) is 4. The Balaban J connectivity index is 0.915. The SMILES string of the molecule is CNC(C)C(=O)NC(C(=O)N1Cc2cc(NC(=O)CNC(=O)[C@]3(C)CN(C(=O)CN4C[C@@H](C)NC[C@@H]4CN4CCOC[C@H]4C)c4cc(Cc5ccc(F)cc5)ccc43)ccc2C[C@H]1C(=O)N[C@@H]1CCCc2ccccc21)C(C)(C)C. The number of piperazine rings is 1. The van der Waals surface area contributed by atoms with Crippen LogP contribution in [0.4, 0.5) is 15.8 Å². The Morgan fingerprint density at radius 3 is 2.42 bits per heavy atom. The van der Waals surface area contributed by atoms with Crippen molar-refractivity contribution in [1.82, 2.24) is 41.3 Å². The molecule has 4 aliphatic heterocycles. The molecule has 0 bridgehead atoms. The first-order valence-electron chi connectivity index (χ1n) is 28.5. The lowest BCUT2D eigenvalue weighted by molar-refractivity contribution is -0.147. The molecule has 2 fully saturated rings. The van der Waals surface area contributed by atoms with Crippen molar-refractivity contribution in [3.8, 4) is 0 Å². The minimum atomic E-state index is -1.22. The summed E-state index contributed by atoms with van der Waals surface area (Å²) in [6.45, 7) is 17.7. The van der Waals surface area contributed by atoms with Gasteiger partial charge in [-0.3, -0.25) is 38.6 Å². The zero-order valence-corrected chi connectivity index (χ0v) is 47.8. The third-order valence-electron chi connectivity index (χ3n) is 17.1. The normalized spacial score (nSPS) is 23.9. The molecule has 80 heavy (non-hydrogen) atoms. The van der Waals surface area contributed by atoms with Gasteiger partial charge in [-0.25, -0.2) is 4.39 Å². The van der Waals surface area contributed by atoms with Crippen molar-refractivity contribution in [1.29, 1.82) is 0 Å². The maximum absolute atomic E-state index is 14.9. The van der Waals surface area contributed by atoms with Gasteiger partial charge in [-0.15, -0.1) is 0 Å². The molecule has 4 aromatic rings. The number of halogens is 1. The molecule has 18 heteroatoms. The molecule has 4 aromatic carbocycles. The largest absolute Gasteiger partial charge is 0.379 e. The summed E-state index contributed by atoms with van der Waals surface area (Å²) in [7, 11) is 1.67. The minimum absolute atomic E-state index is 0.0397. The molecule has 2 unspecified atom stereocenters. The van der Waals surface area contributed by atoms with Crippen molar-refractivity contribution in [3.63, 3.8) is 0 Å². The zero-order valence-electron chi connectivity index (χ0n) is 47.8. The molecule has 1 aliphatic carbocycles. The van der Waals surface area contributed by atoms with Crippen LogP contribution in [-0.4, -0.2) is 152 Å². The summed E-state index contributed by atoms with van der Waals surface area (Å²) < 4.78 is 19.6. The Bertz CT molecular complexity index is 2950. The van der Waals surface area contributed by atoms with Crippen LogP contribution in [0.1, 0.15) is 106 Å². The van der Waals surface area contributed by atoms with Crippen LogP contribution >= 0.6 is 0 Å². The van der Waals surface area contributed by atoms with E-state index in [1.165, 1.54) is 17.7 Å². The van der Waals surface area contributed by atoms with E-state index in [2.05, 4.69) is 61.6 Å². The van der Waals surface area contributed by atoms with Gasteiger partial charge in [0.05, 0.1) is 43.8 Å². The summed E-state index contributed by atoms with van der Waals surface area (Å²) in [5.41, 5.74) is 5.41. The first-order valence-corrected chi connectivity index (χ1v) is 28.5.